The number of hydrogen-bond acceptors (Lipinski definition) is 5. The lowest BCUT2D eigenvalue weighted by Gasteiger charge is -2.36. The maximum atomic E-state index is 12.7. The second-order valence-corrected chi connectivity index (χ2v) is 9.04. The number of aromatic nitrogens is 2. The first-order chi connectivity index (χ1) is 15.5. The molecule has 4 heterocycles. The number of nitrogens with zero attached hydrogens (tertiary/aromatic N) is 4. The number of pyridine rings is 1. The molecule has 3 aromatic rings. The number of benzene rings is 1. The van der Waals surface area contributed by atoms with Gasteiger partial charge in [-0.2, -0.15) is 0 Å². The largest absolute Gasteiger partial charge is 0.368 e. The molecule has 0 aliphatic carbocycles. The van der Waals surface area contributed by atoms with Crippen LogP contribution in [0, 0.1) is 0 Å². The van der Waals surface area contributed by atoms with Gasteiger partial charge < -0.3 is 20.3 Å². The van der Waals surface area contributed by atoms with Gasteiger partial charge in [0.25, 0.3) is 5.91 Å². The zero-order chi connectivity index (χ0) is 22.2. The van der Waals surface area contributed by atoms with Crippen molar-refractivity contribution in [2.45, 2.75) is 25.5 Å². The van der Waals surface area contributed by atoms with Gasteiger partial charge in [0.2, 0.25) is 0 Å². The van der Waals surface area contributed by atoms with Gasteiger partial charge in [0, 0.05) is 66.7 Å². The van der Waals surface area contributed by atoms with Crippen molar-refractivity contribution in [3.8, 4) is 11.1 Å². The summed E-state index contributed by atoms with van der Waals surface area (Å²) in [4.78, 5) is 21.4. The topological polar surface area (TPSA) is 76.1 Å². The maximum Gasteiger partial charge on any atom is 0.251 e. The number of imidazole rings is 1. The van der Waals surface area contributed by atoms with Crippen molar-refractivity contribution in [1.82, 2.24) is 14.3 Å². The summed E-state index contributed by atoms with van der Waals surface area (Å²) in [5.74, 6) is 1.10. The van der Waals surface area contributed by atoms with E-state index in [-0.39, 0.29) is 12.0 Å². The molecule has 5 rings (SSSR count). The molecule has 9 heteroatoms. The summed E-state index contributed by atoms with van der Waals surface area (Å²) in [6.45, 7) is 3.87. The van der Waals surface area contributed by atoms with Gasteiger partial charge in [-0.05, 0) is 36.6 Å². The third-order valence-corrected chi connectivity index (χ3v) is 6.82. The minimum absolute atomic E-state index is 0.118. The average Bonchev–Trinajstić information content (AvgIpc) is 3.48. The summed E-state index contributed by atoms with van der Waals surface area (Å²) >= 11 is 12.6. The number of ether oxygens (including phenoxy) is 1. The first-order valence-corrected chi connectivity index (χ1v) is 11.6. The van der Waals surface area contributed by atoms with Crippen LogP contribution in [-0.4, -0.2) is 59.1 Å². The summed E-state index contributed by atoms with van der Waals surface area (Å²) in [5.41, 5.74) is 9.66. The van der Waals surface area contributed by atoms with E-state index in [1.165, 1.54) is 0 Å². The van der Waals surface area contributed by atoms with E-state index in [1.807, 2.05) is 35.5 Å². The highest BCUT2D eigenvalue weighted by atomic mass is 35.5. The molecule has 0 radical (unpaired) electrons. The Labute approximate surface area is 196 Å². The van der Waals surface area contributed by atoms with Gasteiger partial charge in [0.15, 0.2) is 0 Å². The van der Waals surface area contributed by atoms with Crippen molar-refractivity contribution in [2.75, 3.05) is 37.7 Å². The van der Waals surface area contributed by atoms with E-state index in [2.05, 4.69) is 14.3 Å². The van der Waals surface area contributed by atoms with Gasteiger partial charge in [0.05, 0.1) is 6.20 Å². The predicted octanol–water partition coefficient (Wildman–Crippen LogP) is 3.59. The van der Waals surface area contributed by atoms with Crippen LogP contribution in [0.2, 0.25) is 10.0 Å². The van der Waals surface area contributed by atoms with Crippen LogP contribution in [-0.2, 0) is 16.1 Å². The number of hydrogen-bond donors (Lipinski definition) is 1. The molecule has 168 valence electrons. The van der Waals surface area contributed by atoms with Gasteiger partial charge >= 0.3 is 0 Å². The molecule has 0 spiro atoms. The molecule has 32 heavy (non-hydrogen) atoms. The Kier molecular flexibility index (Phi) is 5.99. The molecular weight excluding hydrogens is 449 g/mol. The highest BCUT2D eigenvalue weighted by molar-refractivity contribution is 6.36. The lowest BCUT2D eigenvalue weighted by Crippen LogP contribution is -2.51. The van der Waals surface area contributed by atoms with E-state index in [0.717, 1.165) is 54.1 Å². The van der Waals surface area contributed by atoms with Crippen LogP contribution in [0.25, 0.3) is 16.8 Å². The molecule has 2 aromatic heterocycles. The van der Waals surface area contributed by atoms with E-state index in [4.69, 9.17) is 33.7 Å². The molecule has 2 fully saturated rings. The summed E-state index contributed by atoms with van der Waals surface area (Å²) in [5, 5.41) is 1.17. The zero-order valence-electron chi connectivity index (χ0n) is 17.6. The smallest absolute Gasteiger partial charge is 0.251 e. The maximum absolute atomic E-state index is 12.7. The first kappa shape index (κ1) is 21.5. The van der Waals surface area contributed by atoms with Crippen molar-refractivity contribution < 1.29 is 9.53 Å². The van der Waals surface area contributed by atoms with Crippen LogP contribution >= 0.6 is 23.2 Å². The highest BCUT2D eigenvalue weighted by Crippen LogP contribution is 2.34. The summed E-state index contributed by atoms with van der Waals surface area (Å²) in [6.07, 6.45) is 5.44. The molecular formula is C23H25Cl2N5O2. The van der Waals surface area contributed by atoms with Gasteiger partial charge in [-0.15, -0.1) is 0 Å². The van der Waals surface area contributed by atoms with Crippen LogP contribution in [0.15, 0.2) is 36.7 Å². The molecule has 7 nitrogen and oxygen atoms in total. The molecule has 0 saturated carbocycles. The zero-order valence-corrected chi connectivity index (χ0v) is 19.1. The number of carbonyl (C=O) groups excluding carboxylic acids is 1. The third-order valence-electron chi connectivity index (χ3n) is 6.28. The summed E-state index contributed by atoms with van der Waals surface area (Å²) < 4.78 is 7.64. The van der Waals surface area contributed by atoms with E-state index < -0.39 is 0 Å². The van der Waals surface area contributed by atoms with Crippen molar-refractivity contribution in [2.24, 2.45) is 5.73 Å². The second kappa shape index (κ2) is 8.90. The van der Waals surface area contributed by atoms with Gasteiger partial charge in [-0.3, -0.25) is 9.20 Å². The number of nitrogens with two attached hydrogens (primary N) is 1. The number of halogens is 2. The molecule has 0 bridgehead atoms. The summed E-state index contributed by atoms with van der Waals surface area (Å²) in [7, 11) is 0. The van der Waals surface area contributed by atoms with Gasteiger partial charge in [0.1, 0.15) is 17.6 Å². The number of fused-ring (bicyclic) bond motifs is 1. The molecule has 1 aromatic carbocycles. The Morgan fingerprint density at radius 1 is 1.16 bits per heavy atom. The predicted molar refractivity (Wildman–Crippen MR) is 126 cm³/mol. The normalized spacial score (nSPS) is 19.2. The van der Waals surface area contributed by atoms with Crippen LogP contribution in [0.5, 0.6) is 0 Å². The van der Waals surface area contributed by atoms with Crippen LogP contribution in [0.1, 0.15) is 18.4 Å². The number of carbonyl (C=O) groups is 1. The number of piperazine rings is 1. The van der Waals surface area contributed by atoms with E-state index in [9.17, 15) is 4.79 Å². The fourth-order valence-electron chi connectivity index (χ4n) is 4.54. The van der Waals surface area contributed by atoms with Crippen LogP contribution in [0.3, 0.4) is 0 Å². The Morgan fingerprint density at radius 2 is 1.97 bits per heavy atom. The number of rotatable bonds is 4. The van der Waals surface area contributed by atoms with E-state index >= 15 is 0 Å². The standard InChI is InChI=1S/C23H25Cl2N5O2/c24-16-3-4-17(19(25)11-16)18-14-30-21(10-15(18)12-26)27-13-22(30)28-5-7-29(8-6-28)23(31)20-2-1-9-32-20/h3-4,10-11,13-14,20H,1-2,5-9,12,26H2. The molecule has 2 aliphatic heterocycles. The number of anilines is 1. The second-order valence-electron chi connectivity index (χ2n) is 8.20. The molecule has 1 unspecified atom stereocenters. The Bertz CT molecular complexity index is 1150. The lowest BCUT2D eigenvalue weighted by atomic mass is 10.0. The molecule has 1 atom stereocenters. The minimum atomic E-state index is -0.265. The van der Waals surface area contributed by atoms with Gasteiger partial charge in [-0.25, -0.2) is 4.98 Å². The van der Waals surface area contributed by atoms with Crippen LogP contribution < -0.4 is 10.6 Å². The van der Waals surface area contributed by atoms with Crippen molar-refractivity contribution >= 4 is 40.6 Å². The first-order valence-electron chi connectivity index (χ1n) is 10.9. The average molecular weight is 474 g/mol. The van der Waals surface area contributed by atoms with Crippen molar-refractivity contribution in [1.29, 1.82) is 0 Å². The molecule has 1 amide bonds. The van der Waals surface area contributed by atoms with E-state index in [0.29, 0.717) is 36.3 Å². The third kappa shape index (κ3) is 3.94. The Balaban J connectivity index is 1.42. The van der Waals surface area contributed by atoms with Crippen LogP contribution in [0.4, 0.5) is 5.82 Å². The minimum Gasteiger partial charge on any atom is -0.368 e. The van der Waals surface area contributed by atoms with Gasteiger partial charge in [-0.1, -0.05) is 29.3 Å². The fraction of sp³-hybridized carbons (Fsp3) is 0.391. The molecule has 2 aliphatic rings. The van der Waals surface area contributed by atoms with Crippen molar-refractivity contribution in [3.05, 3.63) is 52.3 Å². The monoisotopic (exact) mass is 473 g/mol. The van der Waals surface area contributed by atoms with E-state index in [1.54, 1.807) is 6.07 Å². The lowest BCUT2D eigenvalue weighted by molar-refractivity contribution is -0.141. The Morgan fingerprint density at radius 3 is 2.66 bits per heavy atom. The van der Waals surface area contributed by atoms with Crippen molar-refractivity contribution in [3.63, 3.8) is 0 Å². The highest BCUT2D eigenvalue weighted by Gasteiger charge is 2.31. The summed E-state index contributed by atoms with van der Waals surface area (Å²) in [6, 6.07) is 7.48. The molecule has 2 saturated heterocycles. The Hall–Kier alpha value is -2.32. The fourth-order valence-corrected chi connectivity index (χ4v) is 5.05. The number of amides is 1. The quantitative estimate of drug-likeness (QED) is 0.626. The SMILES string of the molecule is NCc1cc2ncc(N3CCN(C(=O)C4CCCO4)CC3)n2cc1-c1ccc(Cl)cc1Cl. The molecule has 2 N–H and O–H groups in total.